The van der Waals surface area contributed by atoms with E-state index in [4.69, 9.17) is 8.83 Å². The van der Waals surface area contributed by atoms with E-state index in [2.05, 4.69) is 15.5 Å². The monoisotopic (exact) mass is 221 g/mol. The molecule has 86 valence electrons. The Morgan fingerprint density at radius 3 is 2.38 bits per heavy atom. The molecule has 5 nitrogen and oxygen atoms in total. The molecule has 16 heavy (non-hydrogen) atoms. The van der Waals surface area contributed by atoms with E-state index in [1.807, 2.05) is 27.8 Å². The van der Waals surface area contributed by atoms with Crippen molar-refractivity contribution in [1.82, 2.24) is 15.5 Å². The van der Waals surface area contributed by atoms with Gasteiger partial charge in [0.1, 0.15) is 11.5 Å². The molecule has 0 unspecified atom stereocenters. The van der Waals surface area contributed by atoms with Crippen molar-refractivity contribution in [3.63, 3.8) is 0 Å². The first-order valence-corrected chi connectivity index (χ1v) is 5.17. The molecule has 0 aliphatic carbocycles. The van der Waals surface area contributed by atoms with Crippen LogP contribution in [0.3, 0.4) is 0 Å². The standard InChI is InChI=1S/C11H15N3O2/c1-6-7(2)15-8(3)10(6)11-14-13-9(16-11)5-12-4/h12H,5H2,1-4H3. The minimum absolute atomic E-state index is 0.525. The van der Waals surface area contributed by atoms with Crippen LogP contribution in [0.25, 0.3) is 11.5 Å². The van der Waals surface area contributed by atoms with Crippen LogP contribution in [0.2, 0.25) is 0 Å². The van der Waals surface area contributed by atoms with Crippen LogP contribution in [-0.2, 0) is 6.54 Å². The fourth-order valence-corrected chi connectivity index (χ4v) is 1.69. The lowest BCUT2D eigenvalue weighted by Crippen LogP contribution is -2.04. The molecule has 5 heteroatoms. The van der Waals surface area contributed by atoms with Gasteiger partial charge in [-0.25, -0.2) is 0 Å². The third-order valence-corrected chi connectivity index (χ3v) is 2.57. The Morgan fingerprint density at radius 2 is 1.81 bits per heavy atom. The second-order valence-electron chi connectivity index (χ2n) is 3.75. The summed E-state index contributed by atoms with van der Waals surface area (Å²) in [5.41, 5.74) is 1.96. The molecular formula is C11H15N3O2. The van der Waals surface area contributed by atoms with Crippen molar-refractivity contribution in [3.05, 3.63) is 23.0 Å². The van der Waals surface area contributed by atoms with E-state index < -0.39 is 0 Å². The Bertz CT molecular complexity index is 499. The van der Waals surface area contributed by atoms with Crippen molar-refractivity contribution in [1.29, 1.82) is 0 Å². The molecule has 0 atom stereocenters. The van der Waals surface area contributed by atoms with Gasteiger partial charge in [0.15, 0.2) is 0 Å². The van der Waals surface area contributed by atoms with Gasteiger partial charge < -0.3 is 14.2 Å². The van der Waals surface area contributed by atoms with Gasteiger partial charge in [0, 0.05) is 5.56 Å². The SMILES string of the molecule is CNCc1nnc(-c2c(C)oc(C)c2C)o1. The fourth-order valence-electron chi connectivity index (χ4n) is 1.69. The minimum Gasteiger partial charge on any atom is -0.466 e. The van der Waals surface area contributed by atoms with Gasteiger partial charge in [0.25, 0.3) is 5.89 Å². The predicted molar refractivity (Wildman–Crippen MR) is 59.0 cm³/mol. The molecule has 0 aliphatic rings. The first-order chi connectivity index (χ1) is 7.63. The molecule has 0 aromatic carbocycles. The van der Waals surface area contributed by atoms with Crippen molar-refractivity contribution >= 4 is 0 Å². The van der Waals surface area contributed by atoms with Crippen molar-refractivity contribution < 1.29 is 8.83 Å². The fraction of sp³-hybridized carbons (Fsp3) is 0.455. The highest BCUT2D eigenvalue weighted by atomic mass is 16.4. The summed E-state index contributed by atoms with van der Waals surface area (Å²) < 4.78 is 11.1. The van der Waals surface area contributed by atoms with Crippen LogP contribution >= 0.6 is 0 Å². The average molecular weight is 221 g/mol. The topological polar surface area (TPSA) is 64.1 Å². The van der Waals surface area contributed by atoms with Crippen molar-refractivity contribution in [3.8, 4) is 11.5 Å². The summed E-state index contributed by atoms with van der Waals surface area (Å²) in [6.07, 6.45) is 0. The van der Waals surface area contributed by atoms with Crippen LogP contribution in [0.5, 0.6) is 0 Å². The summed E-state index contributed by atoms with van der Waals surface area (Å²) in [6.45, 7) is 6.39. The highest BCUT2D eigenvalue weighted by molar-refractivity contribution is 5.61. The second kappa shape index (κ2) is 4.09. The summed E-state index contributed by atoms with van der Waals surface area (Å²) in [6, 6.07) is 0. The molecule has 2 rings (SSSR count). The van der Waals surface area contributed by atoms with E-state index in [9.17, 15) is 0 Å². The maximum atomic E-state index is 5.54. The number of hydrogen-bond donors (Lipinski definition) is 1. The van der Waals surface area contributed by atoms with E-state index in [0.717, 1.165) is 22.6 Å². The van der Waals surface area contributed by atoms with Crippen LogP contribution in [0.1, 0.15) is 23.0 Å². The number of rotatable bonds is 3. The molecule has 0 radical (unpaired) electrons. The molecule has 0 bridgehead atoms. The third kappa shape index (κ3) is 1.74. The third-order valence-electron chi connectivity index (χ3n) is 2.57. The summed E-state index contributed by atoms with van der Waals surface area (Å²) in [5, 5.41) is 10.9. The van der Waals surface area contributed by atoms with Crippen molar-refractivity contribution in [2.24, 2.45) is 0 Å². The molecule has 2 aromatic rings. The molecule has 1 N–H and O–H groups in total. The van der Waals surface area contributed by atoms with Crippen LogP contribution in [0, 0.1) is 20.8 Å². The highest BCUT2D eigenvalue weighted by Crippen LogP contribution is 2.30. The number of aromatic nitrogens is 2. The lowest BCUT2D eigenvalue weighted by molar-refractivity contribution is 0.484. The van der Waals surface area contributed by atoms with E-state index >= 15 is 0 Å². The quantitative estimate of drug-likeness (QED) is 0.858. The van der Waals surface area contributed by atoms with Gasteiger partial charge in [0.05, 0.1) is 12.1 Å². The zero-order chi connectivity index (χ0) is 11.7. The Morgan fingerprint density at radius 1 is 1.06 bits per heavy atom. The van der Waals surface area contributed by atoms with Crippen LogP contribution < -0.4 is 5.32 Å². The van der Waals surface area contributed by atoms with Gasteiger partial charge in [-0.15, -0.1) is 10.2 Å². The number of aryl methyl sites for hydroxylation is 2. The van der Waals surface area contributed by atoms with Gasteiger partial charge >= 0.3 is 0 Å². The van der Waals surface area contributed by atoms with Gasteiger partial charge in [-0.05, 0) is 27.8 Å². The lowest BCUT2D eigenvalue weighted by Gasteiger charge is -1.93. The summed E-state index contributed by atoms with van der Waals surface area (Å²) >= 11 is 0. The highest BCUT2D eigenvalue weighted by Gasteiger charge is 2.18. The van der Waals surface area contributed by atoms with E-state index in [1.54, 1.807) is 0 Å². The molecule has 0 fully saturated rings. The largest absolute Gasteiger partial charge is 0.466 e. The Balaban J connectivity index is 2.42. The molecule has 0 aliphatic heterocycles. The van der Waals surface area contributed by atoms with E-state index in [0.29, 0.717) is 18.3 Å². The first-order valence-electron chi connectivity index (χ1n) is 5.17. The Labute approximate surface area is 93.9 Å². The summed E-state index contributed by atoms with van der Waals surface area (Å²) in [7, 11) is 1.84. The van der Waals surface area contributed by atoms with Crippen molar-refractivity contribution in [2.45, 2.75) is 27.3 Å². The molecule has 2 aromatic heterocycles. The van der Waals surface area contributed by atoms with Gasteiger partial charge in [-0.3, -0.25) is 0 Å². The molecule has 0 spiro atoms. The summed E-state index contributed by atoms with van der Waals surface area (Å²) in [4.78, 5) is 0. The van der Waals surface area contributed by atoms with E-state index in [1.165, 1.54) is 0 Å². The van der Waals surface area contributed by atoms with Gasteiger partial charge in [-0.2, -0.15) is 0 Å². The molecule has 0 saturated heterocycles. The maximum absolute atomic E-state index is 5.54. The first kappa shape index (κ1) is 10.9. The Hall–Kier alpha value is -1.62. The number of nitrogens with one attached hydrogen (secondary N) is 1. The number of nitrogens with zero attached hydrogens (tertiary/aromatic N) is 2. The molecule has 0 amide bonds. The zero-order valence-electron chi connectivity index (χ0n) is 9.92. The Kier molecular flexibility index (Phi) is 2.78. The van der Waals surface area contributed by atoms with Crippen LogP contribution in [0.15, 0.2) is 8.83 Å². The number of hydrogen-bond acceptors (Lipinski definition) is 5. The lowest BCUT2D eigenvalue weighted by atomic mass is 10.1. The van der Waals surface area contributed by atoms with E-state index in [-0.39, 0.29) is 0 Å². The minimum atomic E-state index is 0.525. The predicted octanol–water partition coefficient (Wildman–Crippen LogP) is 1.97. The molecule has 2 heterocycles. The smallest absolute Gasteiger partial charge is 0.251 e. The normalized spacial score (nSPS) is 11.0. The average Bonchev–Trinajstić information content (AvgIpc) is 2.75. The molecule has 0 saturated carbocycles. The summed E-state index contributed by atoms with van der Waals surface area (Å²) in [5.74, 6) is 2.81. The molecular weight excluding hydrogens is 206 g/mol. The zero-order valence-corrected chi connectivity index (χ0v) is 9.92. The number of furan rings is 1. The van der Waals surface area contributed by atoms with Gasteiger partial charge in [0.2, 0.25) is 5.89 Å². The van der Waals surface area contributed by atoms with Gasteiger partial charge in [-0.1, -0.05) is 0 Å². The van der Waals surface area contributed by atoms with Crippen LogP contribution in [0.4, 0.5) is 0 Å². The second-order valence-corrected chi connectivity index (χ2v) is 3.75. The van der Waals surface area contributed by atoms with Crippen molar-refractivity contribution in [2.75, 3.05) is 7.05 Å². The maximum Gasteiger partial charge on any atom is 0.251 e. The van der Waals surface area contributed by atoms with Crippen LogP contribution in [-0.4, -0.2) is 17.2 Å².